The van der Waals surface area contributed by atoms with Crippen LogP contribution in [0.1, 0.15) is 37.5 Å². The second-order valence-corrected chi connectivity index (χ2v) is 5.71. The third kappa shape index (κ3) is 3.26. The SMILES string of the molecule is CCc1cnc(NC(=O)C[C@@H]2CCC[C@H]2N)s1. The molecule has 4 nitrogen and oxygen atoms in total. The first kappa shape index (κ1) is 12.5. The molecule has 2 rings (SSSR count). The molecule has 0 aliphatic heterocycles. The summed E-state index contributed by atoms with van der Waals surface area (Å²) in [6, 6.07) is 0.197. The van der Waals surface area contributed by atoms with Crippen LogP contribution in [-0.2, 0) is 11.2 Å². The summed E-state index contributed by atoms with van der Waals surface area (Å²) in [6.45, 7) is 2.08. The number of nitrogens with zero attached hydrogens (tertiary/aromatic N) is 1. The fourth-order valence-electron chi connectivity index (χ4n) is 2.26. The first-order valence-corrected chi connectivity index (χ1v) is 7.00. The quantitative estimate of drug-likeness (QED) is 0.864. The van der Waals surface area contributed by atoms with Gasteiger partial charge in [0.15, 0.2) is 5.13 Å². The highest BCUT2D eigenvalue weighted by molar-refractivity contribution is 7.15. The number of hydrogen-bond donors (Lipinski definition) is 2. The van der Waals surface area contributed by atoms with Crippen molar-refractivity contribution in [3.05, 3.63) is 11.1 Å². The Hall–Kier alpha value is -0.940. The molecular formula is C12H19N3OS. The minimum absolute atomic E-state index is 0.0457. The Bertz CT molecular complexity index is 391. The molecule has 3 N–H and O–H groups in total. The van der Waals surface area contributed by atoms with Crippen LogP contribution in [0, 0.1) is 5.92 Å². The Kier molecular flexibility index (Phi) is 4.12. The molecular weight excluding hydrogens is 234 g/mol. The Balaban J connectivity index is 1.84. The number of carbonyl (C=O) groups excluding carboxylic acids is 1. The third-order valence-corrected chi connectivity index (χ3v) is 4.37. The van der Waals surface area contributed by atoms with Gasteiger partial charge in [-0.25, -0.2) is 4.98 Å². The van der Waals surface area contributed by atoms with Crippen molar-refractivity contribution in [2.24, 2.45) is 11.7 Å². The average Bonchev–Trinajstić information content (AvgIpc) is 2.89. The molecule has 5 heteroatoms. The maximum Gasteiger partial charge on any atom is 0.226 e. The number of anilines is 1. The van der Waals surface area contributed by atoms with Gasteiger partial charge < -0.3 is 11.1 Å². The Morgan fingerprint density at radius 1 is 1.65 bits per heavy atom. The molecule has 1 saturated carbocycles. The zero-order valence-electron chi connectivity index (χ0n) is 10.1. The second-order valence-electron chi connectivity index (χ2n) is 4.59. The molecule has 0 aromatic carbocycles. The van der Waals surface area contributed by atoms with Gasteiger partial charge in [-0.2, -0.15) is 0 Å². The van der Waals surface area contributed by atoms with Gasteiger partial charge >= 0.3 is 0 Å². The average molecular weight is 253 g/mol. The van der Waals surface area contributed by atoms with Crippen molar-refractivity contribution in [2.45, 2.75) is 45.1 Å². The van der Waals surface area contributed by atoms with E-state index in [9.17, 15) is 4.79 Å². The van der Waals surface area contributed by atoms with Gasteiger partial charge in [-0.1, -0.05) is 13.3 Å². The lowest BCUT2D eigenvalue weighted by Gasteiger charge is -2.13. The van der Waals surface area contributed by atoms with Gasteiger partial charge in [0.2, 0.25) is 5.91 Å². The lowest BCUT2D eigenvalue weighted by molar-refractivity contribution is -0.117. The van der Waals surface area contributed by atoms with Crippen molar-refractivity contribution in [3.63, 3.8) is 0 Å². The van der Waals surface area contributed by atoms with E-state index in [1.165, 1.54) is 4.88 Å². The number of nitrogens with one attached hydrogen (secondary N) is 1. The summed E-state index contributed by atoms with van der Waals surface area (Å²) in [5, 5.41) is 3.56. The smallest absolute Gasteiger partial charge is 0.226 e. The van der Waals surface area contributed by atoms with Crippen molar-refractivity contribution in [2.75, 3.05) is 5.32 Å². The van der Waals surface area contributed by atoms with Crippen LogP contribution in [-0.4, -0.2) is 16.9 Å². The number of aryl methyl sites for hydroxylation is 1. The van der Waals surface area contributed by atoms with Crippen LogP contribution < -0.4 is 11.1 Å². The molecule has 0 spiro atoms. The minimum atomic E-state index is 0.0457. The van der Waals surface area contributed by atoms with E-state index in [0.717, 1.165) is 25.7 Å². The fraction of sp³-hybridized carbons (Fsp3) is 0.667. The molecule has 0 saturated heterocycles. The van der Waals surface area contributed by atoms with E-state index in [2.05, 4.69) is 17.2 Å². The molecule has 2 atom stereocenters. The molecule has 0 radical (unpaired) electrons. The largest absolute Gasteiger partial charge is 0.327 e. The summed E-state index contributed by atoms with van der Waals surface area (Å²) in [5.41, 5.74) is 5.95. The Labute approximate surface area is 106 Å². The van der Waals surface area contributed by atoms with Crippen LogP contribution >= 0.6 is 11.3 Å². The van der Waals surface area contributed by atoms with Crippen molar-refractivity contribution >= 4 is 22.4 Å². The molecule has 94 valence electrons. The van der Waals surface area contributed by atoms with E-state index in [4.69, 9.17) is 5.73 Å². The van der Waals surface area contributed by atoms with Crippen LogP contribution in [0.2, 0.25) is 0 Å². The molecule has 1 aliphatic rings. The summed E-state index contributed by atoms with van der Waals surface area (Å²) in [7, 11) is 0. The molecule has 1 aliphatic carbocycles. The number of carbonyl (C=O) groups is 1. The molecule has 0 bridgehead atoms. The monoisotopic (exact) mass is 253 g/mol. The zero-order valence-corrected chi connectivity index (χ0v) is 10.9. The van der Waals surface area contributed by atoms with Crippen molar-refractivity contribution in [1.29, 1.82) is 0 Å². The number of amides is 1. The minimum Gasteiger partial charge on any atom is -0.327 e. The lowest BCUT2D eigenvalue weighted by atomic mass is 10.00. The second kappa shape index (κ2) is 5.60. The molecule has 17 heavy (non-hydrogen) atoms. The fourth-order valence-corrected chi connectivity index (χ4v) is 3.02. The summed E-state index contributed by atoms with van der Waals surface area (Å²) >= 11 is 1.55. The van der Waals surface area contributed by atoms with E-state index in [1.807, 2.05) is 6.20 Å². The van der Waals surface area contributed by atoms with Gasteiger partial charge in [0.05, 0.1) is 0 Å². The first-order valence-electron chi connectivity index (χ1n) is 6.19. The molecule has 1 fully saturated rings. The van der Waals surface area contributed by atoms with Crippen LogP contribution in [0.3, 0.4) is 0 Å². The summed E-state index contributed by atoms with van der Waals surface area (Å²) in [6.07, 6.45) is 6.59. The molecule has 1 heterocycles. The highest BCUT2D eigenvalue weighted by Crippen LogP contribution is 2.27. The van der Waals surface area contributed by atoms with Crippen molar-refractivity contribution in [3.8, 4) is 0 Å². The van der Waals surface area contributed by atoms with Gasteiger partial charge in [0, 0.05) is 23.5 Å². The van der Waals surface area contributed by atoms with E-state index < -0.39 is 0 Å². The summed E-state index contributed by atoms with van der Waals surface area (Å²) in [5.74, 6) is 0.393. The Morgan fingerprint density at radius 3 is 3.06 bits per heavy atom. The van der Waals surface area contributed by atoms with Crippen molar-refractivity contribution in [1.82, 2.24) is 4.98 Å². The summed E-state index contributed by atoms with van der Waals surface area (Å²) < 4.78 is 0. The number of aromatic nitrogens is 1. The van der Waals surface area contributed by atoms with E-state index in [0.29, 0.717) is 17.5 Å². The van der Waals surface area contributed by atoms with Gasteiger partial charge in [-0.05, 0) is 25.2 Å². The highest BCUT2D eigenvalue weighted by atomic mass is 32.1. The molecule has 1 aromatic heterocycles. The standard InChI is InChI=1S/C12H19N3OS/c1-2-9-7-14-12(17-9)15-11(16)6-8-4-3-5-10(8)13/h7-8,10H,2-6,13H2,1H3,(H,14,15,16)/t8-,10+/m0/s1. The summed E-state index contributed by atoms with van der Waals surface area (Å²) in [4.78, 5) is 17.2. The lowest BCUT2D eigenvalue weighted by Crippen LogP contribution is -2.28. The number of thiazole rings is 1. The highest BCUT2D eigenvalue weighted by Gasteiger charge is 2.26. The number of rotatable bonds is 4. The third-order valence-electron chi connectivity index (χ3n) is 3.31. The van der Waals surface area contributed by atoms with E-state index in [-0.39, 0.29) is 11.9 Å². The predicted molar refractivity (Wildman–Crippen MR) is 70.1 cm³/mol. The van der Waals surface area contributed by atoms with Crippen molar-refractivity contribution < 1.29 is 4.79 Å². The topological polar surface area (TPSA) is 68.0 Å². The maximum absolute atomic E-state index is 11.8. The molecule has 0 unspecified atom stereocenters. The Morgan fingerprint density at radius 2 is 2.47 bits per heavy atom. The van der Waals surface area contributed by atoms with Gasteiger partial charge in [-0.15, -0.1) is 11.3 Å². The van der Waals surface area contributed by atoms with E-state index >= 15 is 0 Å². The normalized spacial score (nSPS) is 23.9. The van der Waals surface area contributed by atoms with E-state index in [1.54, 1.807) is 11.3 Å². The molecule has 1 aromatic rings. The van der Waals surface area contributed by atoms with Gasteiger partial charge in [0.25, 0.3) is 0 Å². The van der Waals surface area contributed by atoms with Gasteiger partial charge in [-0.3, -0.25) is 4.79 Å². The first-order chi connectivity index (χ1) is 8.19. The van der Waals surface area contributed by atoms with Crippen LogP contribution in [0.25, 0.3) is 0 Å². The zero-order chi connectivity index (χ0) is 12.3. The maximum atomic E-state index is 11.8. The van der Waals surface area contributed by atoms with Crippen LogP contribution in [0.5, 0.6) is 0 Å². The predicted octanol–water partition coefficient (Wildman–Crippen LogP) is 2.16. The van der Waals surface area contributed by atoms with Crippen LogP contribution in [0.15, 0.2) is 6.20 Å². The number of hydrogen-bond acceptors (Lipinski definition) is 4. The van der Waals surface area contributed by atoms with Gasteiger partial charge in [0.1, 0.15) is 0 Å². The van der Waals surface area contributed by atoms with Crippen LogP contribution in [0.4, 0.5) is 5.13 Å². The number of nitrogens with two attached hydrogens (primary N) is 1. The molecule has 1 amide bonds.